The topological polar surface area (TPSA) is 80.3 Å². The van der Waals surface area contributed by atoms with E-state index in [-0.39, 0.29) is 13.2 Å². The Bertz CT molecular complexity index is 364. The molecule has 0 radical (unpaired) electrons. The molecule has 9 heteroatoms. The molecule has 0 bridgehead atoms. The molecule has 0 fully saturated rings. The first-order valence-corrected chi connectivity index (χ1v) is 14.5. The van der Waals surface area contributed by atoms with Crippen LogP contribution in [0.3, 0.4) is 0 Å². The van der Waals surface area contributed by atoms with Gasteiger partial charge in [-0.25, -0.2) is 9.59 Å². The summed E-state index contributed by atoms with van der Waals surface area (Å²) in [4.78, 5) is 23.2. The fraction of sp³-hybridized carbons (Fsp3) is 0.875. The predicted molar refractivity (Wildman–Crippen MR) is 99.7 cm³/mol. The molecule has 7 nitrogen and oxygen atoms in total. The van der Waals surface area contributed by atoms with Crippen LogP contribution < -0.4 is 0 Å². The van der Waals surface area contributed by atoms with Crippen LogP contribution >= 0.6 is 0 Å². The van der Waals surface area contributed by atoms with Crippen LogP contribution in [-0.4, -0.2) is 55.5 Å². The van der Waals surface area contributed by atoms with Crippen LogP contribution in [-0.2, 0) is 32.0 Å². The van der Waals surface area contributed by atoms with E-state index >= 15 is 0 Å². The Balaban J connectivity index is 4.18. The number of carbonyl (C=O) groups is 2. The van der Waals surface area contributed by atoms with Gasteiger partial charge in [-0.3, -0.25) is 0 Å². The monoisotopic (exact) mass is 394 g/mol. The highest BCUT2D eigenvalue weighted by molar-refractivity contribution is 6.78. The van der Waals surface area contributed by atoms with Crippen LogP contribution in [0.1, 0.15) is 39.5 Å². The van der Waals surface area contributed by atoms with Crippen molar-refractivity contribution in [2.45, 2.75) is 65.7 Å². The van der Waals surface area contributed by atoms with Crippen molar-refractivity contribution in [1.82, 2.24) is 0 Å². The zero-order chi connectivity index (χ0) is 19.3. The van der Waals surface area contributed by atoms with Crippen molar-refractivity contribution in [2.75, 3.05) is 26.4 Å². The van der Waals surface area contributed by atoms with Gasteiger partial charge >= 0.3 is 29.1 Å². The molecule has 0 aromatic carbocycles. The summed E-state index contributed by atoms with van der Waals surface area (Å²) in [5, 5.41) is 0. The van der Waals surface area contributed by atoms with Crippen LogP contribution in [0.4, 0.5) is 0 Å². The smallest absolute Gasteiger partial charge is 0.330 e. The van der Waals surface area contributed by atoms with Crippen molar-refractivity contribution in [3.05, 3.63) is 0 Å². The molecule has 0 amide bonds. The van der Waals surface area contributed by atoms with Crippen molar-refractivity contribution in [3.63, 3.8) is 0 Å². The molecule has 0 aromatic rings. The molecule has 0 aliphatic rings. The second-order valence-corrected chi connectivity index (χ2v) is 13.6. The zero-order valence-corrected chi connectivity index (χ0v) is 18.5. The minimum absolute atomic E-state index is 0.132. The summed E-state index contributed by atoms with van der Waals surface area (Å²) < 4.78 is 27.4. The molecule has 0 atom stereocenters. The van der Waals surface area contributed by atoms with E-state index in [2.05, 4.69) is 0 Å². The molecule has 0 aromatic heterocycles. The maximum Gasteiger partial charge on any atom is 0.330 e. The van der Waals surface area contributed by atoms with Gasteiger partial charge < -0.3 is 22.4 Å². The standard InChI is InChI=1S/C16H34O7Si2/c1-7-9-11-19-15(17)13-21-24(3,4)23-25(5,6)22-14-16(18)20-12-10-8-2/h7-14H2,1-6H3. The van der Waals surface area contributed by atoms with E-state index < -0.39 is 29.1 Å². The van der Waals surface area contributed by atoms with E-state index in [0.717, 1.165) is 25.7 Å². The Kier molecular flexibility index (Phi) is 12.2. The molecule has 0 saturated carbocycles. The van der Waals surface area contributed by atoms with Crippen molar-refractivity contribution in [1.29, 1.82) is 0 Å². The van der Waals surface area contributed by atoms with Crippen LogP contribution in [0.25, 0.3) is 0 Å². The number of hydrogen-bond donors (Lipinski definition) is 0. The van der Waals surface area contributed by atoms with E-state index in [1.807, 2.05) is 40.0 Å². The SMILES string of the molecule is CCCCOC(=O)CO[Si](C)(C)O[Si](C)(C)OCC(=O)OCCCC. The van der Waals surface area contributed by atoms with E-state index in [1.165, 1.54) is 0 Å². The maximum atomic E-state index is 11.6. The molecule has 0 spiro atoms. The molecule has 25 heavy (non-hydrogen) atoms. The highest BCUT2D eigenvalue weighted by Gasteiger charge is 2.37. The van der Waals surface area contributed by atoms with E-state index in [9.17, 15) is 9.59 Å². The van der Waals surface area contributed by atoms with E-state index in [0.29, 0.717) is 13.2 Å². The molecule has 0 heterocycles. The molecule has 0 aliphatic carbocycles. The van der Waals surface area contributed by atoms with Gasteiger partial charge in [0.1, 0.15) is 13.2 Å². The van der Waals surface area contributed by atoms with Gasteiger partial charge in [0.2, 0.25) is 0 Å². The van der Waals surface area contributed by atoms with Gasteiger partial charge in [0.25, 0.3) is 0 Å². The van der Waals surface area contributed by atoms with E-state index in [4.69, 9.17) is 22.4 Å². The quantitative estimate of drug-likeness (QED) is 0.254. The average Bonchev–Trinajstić information content (AvgIpc) is 2.51. The van der Waals surface area contributed by atoms with Crippen molar-refractivity contribution >= 4 is 29.1 Å². The highest BCUT2D eigenvalue weighted by Crippen LogP contribution is 2.17. The van der Waals surface area contributed by atoms with Crippen LogP contribution in [0, 0.1) is 0 Å². The molecular weight excluding hydrogens is 360 g/mol. The van der Waals surface area contributed by atoms with Crippen LogP contribution in [0.15, 0.2) is 0 Å². The van der Waals surface area contributed by atoms with Gasteiger partial charge in [-0.1, -0.05) is 26.7 Å². The summed E-state index contributed by atoms with van der Waals surface area (Å²) in [6.45, 7) is 12.0. The first-order valence-electron chi connectivity index (χ1n) is 8.91. The summed E-state index contributed by atoms with van der Waals surface area (Å²) in [6, 6.07) is 0. The largest absolute Gasteiger partial charge is 0.464 e. The van der Waals surface area contributed by atoms with Crippen LogP contribution in [0.5, 0.6) is 0 Å². The maximum absolute atomic E-state index is 11.6. The Morgan fingerprint density at radius 1 is 0.720 bits per heavy atom. The second-order valence-electron chi connectivity index (χ2n) is 6.63. The van der Waals surface area contributed by atoms with Gasteiger partial charge in [-0.05, 0) is 39.0 Å². The fourth-order valence-corrected chi connectivity index (χ4v) is 8.00. The third kappa shape index (κ3) is 14.1. The number of rotatable bonds is 14. The Morgan fingerprint density at radius 3 is 1.40 bits per heavy atom. The molecule has 0 unspecified atom stereocenters. The second kappa shape index (κ2) is 12.6. The summed E-state index contributed by atoms with van der Waals surface area (Å²) >= 11 is 0. The van der Waals surface area contributed by atoms with Gasteiger partial charge in [-0.2, -0.15) is 0 Å². The molecule has 0 N–H and O–H groups in total. The highest BCUT2D eigenvalue weighted by atomic mass is 28.5. The average molecular weight is 395 g/mol. The van der Waals surface area contributed by atoms with Crippen LogP contribution in [0.2, 0.25) is 26.2 Å². The fourth-order valence-electron chi connectivity index (χ4n) is 1.86. The number of hydrogen-bond acceptors (Lipinski definition) is 7. The lowest BCUT2D eigenvalue weighted by Crippen LogP contribution is -2.49. The molecule has 0 saturated heterocycles. The Morgan fingerprint density at radius 2 is 1.08 bits per heavy atom. The number of carbonyl (C=O) groups excluding carboxylic acids is 2. The van der Waals surface area contributed by atoms with Gasteiger partial charge in [0, 0.05) is 0 Å². The molecule has 0 rings (SSSR count). The Hall–Kier alpha value is -0.746. The molecule has 148 valence electrons. The van der Waals surface area contributed by atoms with Gasteiger partial charge in [-0.15, -0.1) is 0 Å². The molecular formula is C16H34O7Si2. The van der Waals surface area contributed by atoms with E-state index in [1.54, 1.807) is 0 Å². The first kappa shape index (κ1) is 24.3. The van der Waals surface area contributed by atoms with Gasteiger partial charge in [0.15, 0.2) is 0 Å². The number of unbranched alkanes of at least 4 members (excludes halogenated alkanes) is 2. The zero-order valence-electron chi connectivity index (χ0n) is 16.5. The normalized spacial score (nSPS) is 12.1. The lowest BCUT2D eigenvalue weighted by atomic mass is 10.4. The first-order chi connectivity index (χ1) is 11.6. The van der Waals surface area contributed by atoms with Gasteiger partial charge in [0.05, 0.1) is 13.2 Å². The summed E-state index contributed by atoms with van der Waals surface area (Å²) in [7, 11) is -5.14. The Labute approximate surface area is 153 Å². The number of ether oxygens (including phenoxy) is 2. The van der Waals surface area contributed by atoms with Crippen molar-refractivity contribution in [2.24, 2.45) is 0 Å². The molecule has 0 aliphatic heterocycles. The van der Waals surface area contributed by atoms with Crippen molar-refractivity contribution in [3.8, 4) is 0 Å². The summed E-state index contributed by atoms with van der Waals surface area (Å²) in [5.74, 6) is -0.782. The third-order valence-electron chi connectivity index (χ3n) is 3.09. The summed E-state index contributed by atoms with van der Waals surface area (Å²) in [5.41, 5.74) is 0. The number of esters is 2. The minimum atomic E-state index is -2.57. The minimum Gasteiger partial charge on any atom is -0.464 e. The lowest BCUT2D eigenvalue weighted by Gasteiger charge is -2.32. The summed E-state index contributed by atoms with van der Waals surface area (Å²) in [6.07, 6.45) is 3.61. The third-order valence-corrected chi connectivity index (χ3v) is 8.70. The predicted octanol–water partition coefficient (Wildman–Crippen LogP) is 3.13. The van der Waals surface area contributed by atoms with Crippen molar-refractivity contribution < 1.29 is 32.0 Å². The lowest BCUT2D eigenvalue weighted by molar-refractivity contribution is -0.147.